The maximum atomic E-state index is 6.28. The van der Waals surface area contributed by atoms with Gasteiger partial charge in [0.15, 0.2) is 0 Å². The lowest BCUT2D eigenvalue weighted by Gasteiger charge is -2.37. The highest BCUT2D eigenvalue weighted by Crippen LogP contribution is 2.40. The molecule has 0 amide bonds. The molecule has 2 fully saturated rings. The number of rotatable bonds is 5. The van der Waals surface area contributed by atoms with E-state index in [-0.39, 0.29) is 0 Å². The molecule has 0 aliphatic heterocycles. The van der Waals surface area contributed by atoms with Gasteiger partial charge in [0.1, 0.15) is 0 Å². The van der Waals surface area contributed by atoms with Crippen molar-refractivity contribution in [1.29, 1.82) is 0 Å². The second kappa shape index (κ2) is 9.27. The van der Waals surface area contributed by atoms with Crippen molar-refractivity contribution in [2.45, 2.75) is 77.9 Å². The fraction of sp³-hybridized carbons (Fsp3) is 0.556. The Bertz CT molecular complexity index is 714. The van der Waals surface area contributed by atoms with E-state index in [1.165, 1.54) is 73.6 Å². The largest absolute Gasteiger partial charge is 0.374 e. The third-order valence-electron chi connectivity index (χ3n) is 7.27. The van der Waals surface area contributed by atoms with E-state index in [1.807, 2.05) is 0 Å². The Kier molecular flexibility index (Phi) is 6.52. The summed E-state index contributed by atoms with van der Waals surface area (Å²) < 4.78 is 6.28. The summed E-state index contributed by atoms with van der Waals surface area (Å²) in [7, 11) is 0. The lowest BCUT2D eigenvalue weighted by atomic mass is 9.71. The van der Waals surface area contributed by atoms with Crippen molar-refractivity contribution in [3.05, 3.63) is 59.7 Å². The molecule has 0 saturated heterocycles. The van der Waals surface area contributed by atoms with Crippen LogP contribution >= 0.6 is 0 Å². The third kappa shape index (κ3) is 5.06. The Morgan fingerprint density at radius 2 is 1.18 bits per heavy atom. The first-order valence-corrected chi connectivity index (χ1v) is 11.4. The van der Waals surface area contributed by atoms with Crippen molar-refractivity contribution < 1.29 is 4.74 Å². The Hall–Kier alpha value is -1.60. The van der Waals surface area contributed by atoms with Crippen LogP contribution in [0.4, 0.5) is 0 Å². The minimum atomic E-state index is 0.468. The normalized spacial score (nSPS) is 28.2. The minimum absolute atomic E-state index is 0.468. The zero-order valence-electron chi connectivity index (χ0n) is 17.7. The van der Waals surface area contributed by atoms with Crippen LogP contribution in [0.1, 0.15) is 69.4 Å². The predicted octanol–water partition coefficient (Wildman–Crippen LogP) is 7.56. The molecule has 0 bridgehead atoms. The van der Waals surface area contributed by atoms with E-state index in [0.717, 1.165) is 24.4 Å². The van der Waals surface area contributed by atoms with Crippen LogP contribution in [-0.4, -0.2) is 6.10 Å². The molecular weight excluding hydrogens is 340 g/mol. The van der Waals surface area contributed by atoms with Crippen LogP contribution < -0.4 is 0 Å². The monoisotopic (exact) mass is 376 g/mol. The van der Waals surface area contributed by atoms with E-state index >= 15 is 0 Å². The van der Waals surface area contributed by atoms with Gasteiger partial charge in [-0.05, 0) is 79.9 Å². The predicted molar refractivity (Wildman–Crippen MR) is 118 cm³/mol. The number of hydrogen-bond acceptors (Lipinski definition) is 1. The summed E-state index contributed by atoms with van der Waals surface area (Å²) >= 11 is 0. The highest BCUT2D eigenvalue weighted by Gasteiger charge is 2.30. The maximum absolute atomic E-state index is 6.28. The molecule has 0 aromatic heterocycles. The van der Waals surface area contributed by atoms with E-state index in [1.54, 1.807) is 0 Å². The standard InChI is InChI=1S/C27H36O/c1-20-3-9-23(10-4-20)25-13-7-22(8-14-25)19-28-27-17-15-26(16-18-27)24-11-5-21(2)6-12-24/h3-4,7-10,13-14,21,24,26-27H,5-6,11-12,15-19H2,1-2H3. The van der Waals surface area contributed by atoms with Crippen molar-refractivity contribution in [1.82, 2.24) is 0 Å². The molecule has 0 radical (unpaired) electrons. The highest BCUT2D eigenvalue weighted by molar-refractivity contribution is 5.63. The SMILES string of the molecule is Cc1ccc(-c2ccc(COC3CCC(C4CCC(C)CC4)CC3)cc2)cc1. The number of benzene rings is 2. The van der Waals surface area contributed by atoms with Crippen LogP contribution in [0.2, 0.25) is 0 Å². The van der Waals surface area contributed by atoms with Gasteiger partial charge >= 0.3 is 0 Å². The molecule has 0 heterocycles. The van der Waals surface area contributed by atoms with Crippen LogP contribution in [0.3, 0.4) is 0 Å². The molecule has 2 aliphatic carbocycles. The molecule has 150 valence electrons. The van der Waals surface area contributed by atoms with Gasteiger partial charge < -0.3 is 4.74 Å². The average Bonchev–Trinajstić information content (AvgIpc) is 2.74. The second-order valence-electron chi connectivity index (χ2n) is 9.43. The fourth-order valence-corrected chi connectivity index (χ4v) is 5.24. The Morgan fingerprint density at radius 1 is 0.679 bits per heavy atom. The van der Waals surface area contributed by atoms with Crippen LogP contribution in [0.25, 0.3) is 11.1 Å². The van der Waals surface area contributed by atoms with Gasteiger partial charge in [-0.3, -0.25) is 0 Å². The molecule has 1 heteroatoms. The van der Waals surface area contributed by atoms with Gasteiger partial charge in [0.05, 0.1) is 12.7 Å². The van der Waals surface area contributed by atoms with E-state index in [2.05, 4.69) is 62.4 Å². The molecule has 2 aromatic rings. The first-order valence-electron chi connectivity index (χ1n) is 11.4. The number of aryl methyl sites for hydroxylation is 1. The Balaban J connectivity index is 1.22. The Morgan fingerprint density at radius 3 is 1.75 bits per heavy atom. The van der Waals surface area contributed by atoms with Crippen LogP contribution in [-0.2, 0) is 11.3 Å². The van der Waals surface area contributed by atoms with Crippen LogP contribution in [0.5, 0.6) is 0 Å². The van der Waals surface area contributed by atoms with Gasteiger partial charge in [0.2, 0.25) is 0 Å². The Labute approximate surface area is 171 Å². The minimum Gasteiger partial charge on any atom is -0.374 e. The molecule has 2 aliphatic rings. The fourth-order valence-electron chi connectivity index (χ4n) is 5.24. The van der Waals surface area contributed by atoms with Gasteiger partial charge in [0, 0.05) is 0 Å². The molecule has 28 heavy (non-hydrogen) atoms. The van der Waals surface area contributed by atoms with Gasteiger partial charge in [-0.25, -0.2) is 0 Å². The van der Waals surface area contributed by atoms with Crippen molar-refractivity contribution in [3.63, 3.8) is 0 Å². The van der Waals surface area contributed by atoms with Crippen LogP contribution in [0.15, 0.2) is 48.5 Å². The summed E-state index contributed by atoms with van der Waals surface area (Å²) in [5.74, 6) is 2.95. The molecule has 2 aromatic carbocycles. The van der Waals surface area contributed by atoms with Crippen molar-refractivity contribution in [2.75, 3.05) is 0 Å². The number of hydrogen-bond donors (Lipinski definition) is 0. The summed E-state index contributed by atoms with van der Waals surface area (Å²) in [6.45, 7) is 5.31. The van der Waals surface area contributed by atoms with Crippen LogP contribution in [0, 0.1) is 24.7 Å². The highest BCUT2D eigenvalue weighted by atomic mass is 16.5. The summed E-state index contributed by atoms with van der Waals surface area (Å²) in [6, 6.07) is 17.7. The zero-order chi connectivity index (χ0) is 19.3. The summed E-state index contributed by atoms with van der Waals surface area (Å²) in [6.07, 6.45) is 11.6. The van der Waals surface area contributed by atoms with Gasteiger partial charge in [-0.2, -0.15) is 0 Å². The maximum Gasteiger partial charge on any atom is 0.0720 e. The van der Waals surface area contributed by atoms with E-state index in [0.29, 0.717) is 6.10 Å². The average molecular weight is 377 g/mol. The molecule has 0 atom stereocenters. The molecule has 1 nitrogen and oxygen atoms in total. The van der Waals surface area contributed by atoms with E-state index in [4.69, 9.17) is 4.74 Å². The third-order valence-corrected chi connectivity index (χ3v) is 7.27. The number of ether oxygens (including phenoxy) is 1. The summed E-state index contributed by atoms with van der Waals surface area (Å²) in [4.78, 5) is 0. The molecule has 2 saturated carbocycles. The van der Waals surface area contributed by atoms with Crippen molar-refractivity contribution >= 4 is 0 Å². The van der Waals surface area contributed by atoms with Crippen molar-refractivity contribution in [3.8, 4) is 11.1 Å². The lowest BCUT2D eigenvalue weighted by molar-refractivity contribution is -0.00253. The molecule has 4 rings (SSSR count). The second-order valence-corrected chi connectivity index (χ2v) is 9.43. The van der Waals surface area contributed by atoms with Gasteiger partial charge in [0.25, 0.3) is 0 Å². The smallest absolute Gasteiger partial charge is 0.0720 e. The first kappa shape index (κ1) is 19.7. The van der Waals surface area contributed by atoms with E-state index in [9.17, 15) is 0 Å². The summed E-state index contributed by atoms with van der Waals surface area (Å²) in [5, 5.41) is 0. The molecular formula is C27H36O. The lowest BCUT2D eigenvalue weighted by Crippen LogP contribution is -2.28. The zero-order valence-corrected chi connectivity index (χ0v) is 17.7. The van der Waals surface area contributed by atoms with Gasteiger partial charge in [-0.15, -0.1) is 0 Å². The van der Waals surface area contributed by atoms with Gasteiger partial charge in [-0.1, -0.05) is 73.9 Å². The first-order chi connectivity index (χ1) is 13.7. The molecule has 0 spiro atoms. The topological polar surface area (TPSA) is 9.23 Å². The van der Waals surface area contributed by atoms with Crippen molar-refractivity contribution in [2.24, 2.45) is 17.8 Å². The molecule has 0 unspecified atom stereocenters. The molecule has 0 N–H and O–H groups in total. The quantitative estimate of drug-likeness (QED) is 0.523. The van der Waals surface area contributed by atoms with E-state index < -0.39 is 0 Å². The summed E-state index contributed by atoms with van der Waals surface area (Å²) in [5.41, 5.74) is 5.17.